The Morgan fingerprint density at radius 2 is 1.44 bits per heavy atom. The Morgan fingerprint density at radius 1 is 0.795 bits per heavy atom. The number of nitrogens with one attached hydrogen (secondary N) is 2. The fraction of sp³-hybridized carbons (Fsp3) is 0.786. The maximum Gasteiger partial charge on any atom is 0.227 e. The standard InChI is InChI=1S/C28H44N8O.2ClH/c29-20-10-12-21(13-11-20)32-28-33-25(24-26(34-28)36(18-30-24)23-8-4-5-9-23)31-22-14-16-35(17-15-22)27(37)19-6-2-1-3-7-19;;/h18-23H,1-17,29H2,(H2,31,32,33,34);2*1H/t20-,21-;;. The fourth-order valence-electron chi connectivity index (χ4n) is 7.02. The van der Waals surface area contributed by atoms with Crippen molar-refractivity contribution in [2.24, 2.45) is 11.7 Å². The van der Waals surface area contributed by atoms with Crippen LogP contribution < -0.4 is 16.4 Å². The molecule has 3 saturated carbocycles. The third kappa shape index (κ3) is 6.91. The third-order valence-corrected chi connectivity index (χ3v) is 9.35. The van der Waals surface area contributed by atoms with Crippen LogP contribution in [0, 0.1) is 5.92 Å². The first-order valence-corrected chi connectivity index (χ1v) is 15.0. The highest BCUT2D eigenvalue weighted by Gasteiger charge is 2.30. The normalized spacial score (nSPS) is 25.2. The molecule has 1 saturated heterocycles. The Hall–Kier alpha value is -1.84. The number of nitrogens with two attached hydrogens (primary N) is 1. The van der Waals surface area contributed by atoms with Crippen LogP contribution in [0.15, 0.2) is 6.33 Å². The molecule has 0 radical (unpaired) electrons. The number of fused-ring (bicyclic) bond motifs is 1. The zero-order chi connectivity index (χ0) is 25.2. The quantitative estimate of drug-likeness (QED) is 0.416. The molecule has 218 valence electrons. The number of piperidine rings is 1. The summed E-state index contributed by atoms with van der Waals surface area (Å²) in [5.41, 5.74) is 7.93. The maximum absolute atomic E-state index is 13.0. The summed E-state index contributed by atoms with van der Waals surface area (Å²) in [5.74, 6) is 2.16. The van der Waals surface area contributed by atoms with Gasteiger partial charge in [0.2, 0.25) is 11.9 Å². The lowest BCUT2D eigenvalue weighted by Crippen LogP contribution is -2.45. The van der Waals surface area contributed by atoms with Gasteiger partial charge in [0.15, 0.2) is 17.0 Å². The van der Waals surface area contributed by atoms with Crippen LogP contribution in [-0.2, 0) is 4.79 Å². The number of rotatable bonds is 6. The summed E-state index contributed by atoms with van der Waals surface area (Å²) in [5, 5.41) is 7.35. The van der Waals surface area contributed by atoms with Gasteiger partial charge in [-0.15, -0.1) is 24.8 Å². The van der Waals surface area contributed by atoms with Crippen LogP contribution in [0.25, 0.3) is 11.2 Å². The van der Waals surface area contributed by atoms with Crippen molar-refractivity contribution in [2.45, 2.75) is 120 Å². The Kier molecular flexibility index (Phi) is 10.6. The Morgan fingerprint density at radius 3 is 2.13 bits per heavy atom. The number of halogens is 2. The molecule has 0 unspecified atom stereocenters. The highest BCUT2D eigenvalue weighted by atomic mass is 35.5. The van der Waals surface area contributed by atoms with E-state index in [9.17, 15) is 4.79 Å². The number of hydrogen-bond acceptors (Lipinski definition) is 7. The third-order valence-electron chi connectivity index (χ3n) is 9.35. The van der Waals surface area contributed by atoms with Gasteiger partial charge in [0.05, 0.1) is 6.33 Å². The summed E-state index contributed by atoms with van der Waals surface area (Å²) in [6, 6.07) is 1.44. The van der Waals surface area contributed by atoms with Crippen LogP contribution in [0.1, 0.15) is 102 Å². The number of aromatic nitrogens is 4. The molecule has 39 heavy (non-hydrogen) atoms. The second-order valence-corrected chi connectivity index (χ2v) is 12.0. The first-order valence-electron chi connectivity index (χ1n) is 15.0. The Bertz CT molecular complexity index is 1070. The SMILES string of the molecule is Cl.Cl.N[C@H]1CC[C@H](Nc2nc(NC3CCN(C(=O)C4CCCCC4)CC3)c3ncn(C4CCCC4)c3n2)CC1. The second-order valence-electron chi connectivity index (χ2n) is 12.0. The fourth-order valence-corrected chi connectivity index (χ4v) is 7.02. The summed E-state index contributed by atoms with van der Waals surface area (Å²) in [4.78, 5) is 29.9. The van der Waals surface area contributed by atoms with Crippen LogP contribution in [0.5, 0.6) is 0 Å². The number of carbonyl (C=O) groups excluding carboxylic acids is 1. The molecule has 9 nitrogen and oxygen atoms in total. The van der Waals surface area contributed by atoms with Crippen LogP contribution in [0.3, 0.4) is 0 Å². The molecule has 11 heteroatoms. The molecule has 0 atom stereocenters. The van der Waals surface area contributed by atoms with Gasteiger partial charge >= 0.3 is 0 Å². The predicted octanol–water partition coefficient (Wildman–Crippen LogP) is 5.45. The summed E-state index contributed by atoms with van der Waals surface area (Å²) in [6.45, 7) is 1.65. The molecule has 1 amide bonds. The number of nitrogens with zero attached hydrogens (tertiary/aromatic N) is 5. The van der Waals surface area contributed by atoms with E-state index in [0.29, 0.717) is 30.0 Å². The van der Waals surface area contributed by atoms with Gasteiger partial charge in [0, 0.05) is 43.2 Å². The number of amides is 1. The number of anilines is 2. The molecule has 2 aromatic rings. The van der Waals surface area contributed by atoms with Gasteiger partial charge in [-0.2, -0.15) is 9.97 Å². The first kappa shape index (κ1) is 30.1. The summed E-state index contributed by atoms with van der Waals surface area (Å²) >= 11 is 0. The maximum atomic E-state index is 13.0. The van der Waals surface area contributed by atoms with E-state index in [2.05, 4.69) is 20.1 Å². The van der Waals surface area contributed by atoms with Crippen molar-refractivity contribution in [3.63, 3.8) is 0 Å². The smallest absolute Gasteiger partial charge is 0.227 e. The van der Waals surface area contributed by atoms with Crippen molar-refractivity contribution >= 4 is 53.7 Å². The summed E-state index contributed by atoms with van der Waals surface area (Å²) in [7, 11) is 0. The molecule has 3 heterocycles. The average Bonchev–Trinajstić information content (AvgIpc) is 3.61. The number of hydrogen-bond donors (Lipinski definition) is 3. The lowest BCUT2D eigenvalue weighted by molar-refractivity contribution is -0.137. The molecular weight excluding hydrogens is 535 g/mol. The van der Waals surface area contributed by atoms with Gasteiger partial charge in [0.1, 0.15) is 0 Å². The van der Waals surface area contributed by atoms with Crippen molar-refractivity contribution < 1.29 is 4.79 Å². The van der Waals surface area contributed by atoms with Crippen molar-refractivity contribution in [3.05, 3.63) is 6.33 Å². The van der Waals surface area contributed by atoms with Crippen LogP contribution in [-0.4, -0.2) is 61.5 Å². The summed E-state index contributed by atoms with van der Waals surface area (Å²) in [6.07, 6.45) is 18.8. The molecule has 0 bridgehead atoms. The van der Waals surface area contributed by atoms with E-state index in [1.165, 1.54) is 44.9 Å². The van der Waals surface area contributed by atoms with E-state index in [-0.39, 0.29) is 36.8 Å². The summed E-state index contributed by atoms with van der Waals surface area (Å²) < 4.78 is 2.28. The van der Waals surface area contributed by atoms with Crippen molar-refractivity contribution in [1.82, 2.24) is 24.4 Å². The zero-order valence-electron chi connectivity index (χ0n) is 23.0. The molecule has 6 rings (SSSR count). The number of carbonyl (C=O) groups is 1. The zero-order valence-corrected chi connectivity index (χ0v) is 24.7. The first-order chi connectivity index (χ1) is 18.1. The van der Waals surface area contributed by atoms with E-state index in [1.54, 1.807) is 0 Å². The molecule has 4 aliphatic rings. The van der Waals surface area contributed by atoms with E-state index in [4.69, 9.17) is 20.7 Å². The highest BCUT2D eigenvalue weighted by molar-refractivity contribution is 5.86. The van der Waals surface area contributed by atoms with E-state index >= 15 is 0 Å². The Balaban J connectivity index is 0.00000176. The number of imidazole rings is 1. The molecule has 4 fully saturated rings. The molecule has 0 spiro atoms. The minimum Gasteiger partial charge on any atom is -0.365 e. The van der Waals surface area contributed by atoms with Crippen molar-refractivity contribution in [1.29, 1.82) is 0 Å². The minimum absolute atomic E-state index is 0. The van der Waals surface area contributed by atoms with Gasteiger partial charge in [0.25, 0.3) is 0 Å². The molecule has 3 aliphatic carbocycles. The van der Waals surface area contributed by atoms with Gasteiger partial charge in [-0.05, 0) is 64.2 Å². The predicted molar refractivity (Wildman–Crippen MR) is 161 cm³/mol. The monoisotopic (exact) mass is 580 g/mol. The van der Waals surface area contributed by atoms with Gasteiger partial charge in [-0.3, -0.25) is 4.79 Å². The lowest BCUT2D eigenvalue weighted by atomic mass is 9.87. The van der Waals surface area contributed by atoms with Crippen LogP contribution in [0.4, 0.5) is 11.8 Å². The molecular formula is C28H46Cl2N8O. The van der Waals surface area contributed by atoms with E-state index in [0.717, 1.165) is 81.4 Å². The van der Waals surface area contributed by atoms with Crippen molar-refractivity contribution in [3.8, 4) is 0 Å². The Labute approximate surface area is 244 Å². The van der Waals surface area contributed by atoms with Crippen molar-refractivity contribution in [2.75, 3.05) is 23.7 Å². The molecule has 1 aliphatic heterocycles. The minimum atomic E-state index is 0. The topological polar surface area (TPSA) is 114 Å². The van der Waals surface area contributed by atoms with Gasteiger partial charge in [-0.25, -0.2) is 4.98 Å². The highest BCUT2D eigenvalue weighted by Crippen LogP contribution is 2.34. The second kappa shape index (κ2) is 13.7. The number of likely N-dealkylation sites (tertiary alicyclic amines) is 1. The van der Waals surface area contributed by atoms with Crippen LogP contribution >= 0.6 is 24.8 Å². The van der Waals surface area contributed by atoms with E-state index in [1.807, 2.05) is 6.33 Å². The average molecular weight is 582 g/mol. The molecule has 4 N–H and O–H groups in total. The van der Waals surface area contributed by atoms with Crippen LogP contribution in [0.2, 0.25) is 0 Å². The molecule has 0 aromatic carbocycles. The van der Waals surface area contributed by atoms with Gasteiger partial charge in [-0.1, -0.05) is 32.1 Å². The molecule has 2 aromatic heterocycles. The largest absolute Gasteiger partial charge is 0.365 e. The van der Waals surface area contributed by atoms with Gasteiger partial charge < -0.3 is 25.8 Å². The van der Waals surface area contributed by atoms with E-state index < -0.39 is 0 Å². The lowest BCUT2D eigenvalue weighted by Gasteiger charge is -2.35.